The van der Waals surface area contributed by atoms with Crippen molar-refractivity contribution in [2.45, 2.75) is 26.7 Å². The van der Waals surface area contributed by atoms with Crippen LogP contribution in [0.15, 0.2) is 12.3 Å². The van der Waals surface area contributed by atoms with Crippen molar-refractivity contribution in [3.05, 3.63) is 23.4 Å². The Bertz CT molecular complexity index is 427. The van der Waals surface area contributed by atoms with Crippen molar-refractivity contribution in [3.63, 3.8) is 0 Å². The number of nitrogen functional groups attached to an aromatic ring is 1. The van der Waals surface area contributed by atoms with E-state index >= 15 is 0 Å². The molecule has 0 spiro atoms. The van der Waals surface area contributed by atoms with Gasteiger partial charge in [-0.3, -0.25) is 5.41 Å². The Morgan fingerprint density at radius 2 is 2.35 bits per heavy atom. The first kappa shape index (κ1) is 11.9. The lowest BCUT2D eigenvalue weighted by Crippen LogP contribution is -2.36. The van der Waals surface area contributed by atoms with Crippen molar-refractivity contribution >= 4 is 11.7 Å². The first-order valence-corrected chi connectivity index (χ1v) is 6.14. The van der Waals surface area contributed by atoms with Crippen molar-refractivity contribution in [3.8, 4) is 0 Å². The summed E-state index contributed by atoms with van der Waals surface area (Å²) >= 11 is 0. The zero-order valence-corrected chi connectivity index (χ0v) is 10.5. The number of pyridine rings is 1. The van der Waals surface area contributed by atoms with E-state index in [1.165, 1.54) is 12.8 Å². The van der Waals surface area contributed by atoms with Gasteiger partial charge >= 0.3 is 0 Å². The van der Waals surface area contributed by atoms with Crippen molar-refractivity contribution in [1.82, 2.24) is 4.98 Å². The summed E-state index contributed by atoms with van der Waals surface area (Å²) in [5, 5.41) is 7.70. The third-order valence-electron chi connectivity index (χ3n) is 3.37. The highest BCUT2D eigenvalue weighted by Gasteiger charge is 2.21. The van der Waals surface area contributed by atoms with Gasteiger partial charge in [-0.1, -0.05) is 6.92 Å². The summed E-state index contributed by atoms with van der Waals surface area (Å²) in [5.41, 5.74) is 7.49. The van der Waals surface area contributed by atoms with E-state index in [4.69, 9.17) is 11.1 Å². The van der Waals surface area contributed by atoms with E-state index in [1.807, 2.05) is 13.0 Å². The minimum absolute atomic E-state index is 0.115. The number of nitrogens with two attached hydrogens (primary N) is 1. The molecule has 2 rings (SSSR count). The van der Waals surface area contributed by atoms with Gasteiger partial charge in [-0.25, -0.2) is 4.98 Å². The van der Waals surface area contributed by atoms with Crippen molar-refractivity contribution in [2.75, 3.05) is 18.0 Å². The molecular weight excluding hydrogens is 212 g/mol. The summed E-state index contributed by atoms with van der Waals surface area (Å²) in [4.78, 5) is 6.69. The van der Waals surface area contributed by atoms with E-state index in [1.54, 1.807) is 6.20 Å². The summed E-state index contributed by atoms with van der Waals surface area (Å²) in [6, 6.07) is 1.91. The Balaban J connectivity index is 2.37. The number of hydrogen-bond acceptors (Lipinski definition) is 3. The Morgan fingerprint density at radius 3 is 3.00 bits per heavy atom. The van der Waals surface area contributed by atoms with E-state index in [2.05, 4.69) is 16.8 Å². The lowest BCUT2D eigenvalue weighted by molar-refractivity contribution is 0.444. The summed E-state index contributed by atoms with van der Waals surface area (Å²) in [6.45, 7) is 6.27. The first-order valence-electron chi connectivity index (χ1n) is 6.14. The molecule has 1 saturated heterocycles. The van der Waals surface area contributed by atoms with Gasteiger partial charge < -0.3 is 10.6 Å². The minimum atomic E-state index is 0.115. The molecule has 1 aliphatic heterocycles. The SMILES string of the molecule is Cc1ccnc(N2CCCC(C)C2)c1C(=N)N. The molecule has 1 aliphatic rings. The van der Waals surface area contributed by atoms with Crippen LogP contribution in [0.25, 0.3) is 0 Å². The zero-order valence-electron chi connectivity index (χ0n) is 10.5. The summed E-state index contributed by atoms with van der Waals surface area (Å²) in [7, 11) is 0. The number of hydrogen-bond donors (Lipinski definition) is 2. The number of nitrogens with one attached hydrogen (secondary N) is 1. The molecule has 1 aromatic rings. The number of anilines is 1. The lowest BCUT2D eigenvalue weighted by atomic mass is 9.99. The first-order chi connectivity index (χ1) is 8.09. The molecule has 0 bridgehead atoms. The van der Waals surface area contributed by atoms with Crippen LogP contribution in [0.2, 0.25) is 0 Å². The summed E-state index contributed by atoms with van der Waals surface area (Å²) in [5.74, 6) is 1.68. The van der Waals surface area contributed by atoms with Crippen LogP contribution in [-0.2, 0) is 0 Å². The lowest BCUT2D eigenvalue weighted by Gasteiger charge is -2.33. The zero-order chi connectivity index (χ0) is 12.4. The fourth-order valence-electron chi connectivity index (χ4n) is 2.50. The van der Waals surface area contributed by atoms with E-state index < -0.39 is 0 Å². The van der Waals surface area contributed by atoms with Crippen LogP contribution in [0.3, 0.4) is 0 Å². The number of piperidine rings is 1. The van der Waals surface area contributed by atoms with E-state index in [9.17, 15) is 0 Å². The van der Waals surface area contributed by atoms with E-state index in [-0.39, 0.29) is 5.84 Å². The number of aromatic nitrogens is 1. The highest BCUT2D eigenvalue weighted by molar-refractivity contribution is 6.01. The molecule has 3 N–H and O–H groups in total. The number of rotatable bonds is 2. The summed E-state index contributed by atoms with van der Waals surface area (Å²) < 4.78 is 0. The third-order valence-corrected chi connectivity index (χ3v) is 3.37. The van der Waals surface area contributed by atoms with Gasteiger partial charge in [0, 0.05) is 19.3 Å². The Morgan fingerprint density at radius 1 is 1.59 bits per heavy atom. The van der Waals surface area contributed by atoms with Crippen LogP contribution in [0.1, 0.15) is 30.9 Å². The topological polar surface area (TPSA) is 66.0 Å². The molecule has 0 radical (unpaired) electrons. The monoisotopic (exact) mass is 232 g/mol. The van der Waals surface area contributed by atoms with E-state index in [0.717, 1.165) is 30.0 Å². The Kier molecular flexibility index (Phi) is 3.31. The highest BCUT2D eigenvalue weighted by atomic mass is 15.2. The second-order valence-corrected chi connectivity index (χ2v) is 4.93. The molecule has 0 aliphatic carbocycles. The molecule has 2 heterocycles. The predicted octanol–water partition coefficient (Wildman–Crippen LogP) is 1.91. The molecule has 4 nitrogen and oxygen atoms in total. The quantitative estimate of drug-likeness (QED) is 0.604. The van der Waals surface area contributed by atoms with Crippen molar-refractivity contribution in [2.24, 2.45) is 11.7 Å². The number of amidine groups is 1. The third kappa shape index (κ3) is 2.40. The smallest absolute Gasteiger partial charge is 0.139 e. The maximum atomic E-state index is 7.70. The van der Waals surface area contributed by atoms with Gasteiger partial charge in [0.05, 0.1) is 5.56 Å². The van der Waals surface area contributed by atoms with Gasteiger partial charge in [0.2, 0.25) is 0 Å². The number of aryl methyl sites for hydroxylation is 1. The van der Waals surface area contributed by atoms with E-state index in [0.29, 0.717) is 5.92 Å². The Hall–Kier alpha value is -1.58. The fraction of sp³-hybridized carbons (Fsp3) is 0.538. The van der Waals surface area contributed by atoms with Crippen LogP contribution in [0.5, 0.6) is 0 Å². The second-order valence-electron chi connectivity index (χ2n) is 4.93. The van der Waals surface area contributed by atoms with Gasteiger partial charge in [0.15, 0.2) is 0 Å². The van der Waals surface area contributed by atoms with Crippen LogP contribution in [0, 0.1) is 18.3 Å². The standard InChI is InChI=1S/C13H20N4/c1-9-4-3-7-17(8-9)13-11(12(14)15)10(2)5-6-16-13/h5-6,9H,3-4,7-8H2,1-2H3,(H3,14,15). The van der Waals surface area contributed by atoms with Crippen LogP contribution in [0.4, 0.5) is 5.82 Å². The normalized spacial score (nSPS) is 20.4. The molecular formula is C13H20N4. The molecule has 0 saturated carbocycles. The van der Waals surface area contributed by atoms with Gasteiger partial charge in [-0.05, 0) is 37.3 Å². The Labute approximate surface area is 102 Å². The highest BCUT2D eigenvalue weighted by Crippen LogP contribution is 2.25. The molecule has 0 aromatic carbocycles. The largest absolute Gasteiger partial charge is 0.384 e. The maximum Gasteiger partial charge on any atom is 0.139 e. The van der Waals surface area contributed by atoms with Crippen LogP contribution >= 0.6 is 0 Å². The minimum Gasteiger partial charge on any atom is -0.384 e. The molecule has 1 aromatic heterocycles. The summed E-state index contributed by atoms with van der Waals surface area (Å²) in [6.07, 6.45) is 4.27. The van der Waals surface area contributed by atoms with Gasteiger partial charge in [0.25, 0.3) is 0 Å². The van der Waals surface area contributed by atoms with Gasteiger partial charge in [-0.2, -0.15) is 0 Å². The molecule has 1 atom stereocenters. The predicted molar refractivity (Wildman–Crippen MR) is 70.6 cm³/mol. The fourth-order valence-corrected chi connectivity index (χ4v) is 2.50. The van der Waals surface area contributed by atoms with Crippen LogP contribution in [-0.4, -0.2) is 23.9 Å². The molecule has 17 heavy (non-hydrogen) atoms. The van der Waals surface area contributed by atoms with Crippen molar-refractivity contribution < 1.29 is 0 Å². The van der Waals surface area contributed by atoms with Crippen LogP contribution < -0.4 is 10.6 Å². The van der Waals surface area contributed by atoms with Gasteiger partial charge in [-0.15, -0.1) is 0 Å². The average molecular weight is 232 g/mol. The molecule has 4 heteroatoms. The molecule has 0 amide bonds. The molecule has 92 valence electrons. The molecule has 1 unspecified atom stereocenters. The maximum absolute atomic E-state index is 7.70. The average Bonchev–Trinajstić information content (AvgIpc) is 2.28. The van der Waals surface area contributed by atoms with Gasteiger partial charge in [0.1, 0.15) is 11.7 Å². The van der Waals surface area contributed by atoms with Crippen molar-refractivity contribution in [1.29, 1.82) is 5.41 Å². The molecule has 1 fully saturated rings. The number of nitrogens with zero attached hydrogens (tertiary/aromatic N) is 2. The second kappa shape index (κ2) is 4.73.